The summed E-state index contributed by atoms with van der Waals surface area (Å²) in [7, 11) is 0. The van der Waals surface area contributed by atoms with Crippen LogP contribution in [0.4, 0.5) is 4.39 Å². The number of rotatable bonds is 1. The summed E-state index contributed by atoms with van der Waals surface area (Å²) in [6, 6.07) is 3.89. The van der Waals surface area contributed by atoms with Crippen molar-refractivity contribution >= 4 is 15.9 Å². The highest BCUT2D eigenvalue weighted by atomic mass is 79.9. The van der Waals surface area contributed by atoms with Crippen molar-refractivity contribution in [2.75, 3.05) is 0 Å². The van der Waals surface area contributed by atoms with E-state index in [9.17, 15) is 4.39 Å². The summed E-state index contributed by atoms with van der Waals surface area (Å²) < 4.78 is 14.3. The van der Waals surface area contributed by atoms with Crippen LogP contribution in [0.5, 0.6) is 0 Å². The average molecular weight is 341 g/mol. The normalized spacial score (nSPS) is 27.8. The Hall–Kier alpha value is -0.370. The number of halogens is 2. The predicted octanol–water partition coefficient (Wildman–Crippen LogP) is 5.95. The Morgan fingerprint density at radius 1 is 1.05 bits per heavy atom. The lowest BCUT2D eigenvalue weighted by molar-refractivity contribution is 0.252. The zero-order valence-electron chi connectivity index (χ0n) is 13.5. The van der Waals surface area contributed by atoms with Crippen LogP contribution in [0.25, 0.3) is 0 Å². The van der Waals surface area contributed by atoms with Crippen LogP contribution >= 0.6 is 15.9 Å². The number of fused-ring (bicyclic) bond motifs is 1. The molecule has 112 valence electrons. The van der Waals surface area contributed by atoms with Gasteiger partial charge in [0.2, 0.25) is 0 Å². The zero-order valence-corrected chi connectivity index (χ0v) is 15.1. The molecule has 2 rings (SSSR count). The third-order valence-corrected chi connectivity index (χ3v) is 6.49. The summed E-state index contributed by atoms with van der Waals surface area (Å²) in [5.41, 5.74) is 3.40. The Balaban J connectivity index is 2.77. The average Bonchev–Trinajstić information content (AvgIpc) is 2.40. The highest BCUT2D eigenvalue weighted by molar-refractivity contribution is 9.08. The Bertz CT molecular complexity index is 516. The van der Waals surface area contributed by atoms with E-state index in [-0.39, 0.29) is 16.6 Å². The third-order valence-electron chi connectivity index (χ3n) is 5.89. The molecular formula is C18H26BrF. The molecule has 1 aromatic rings. The number of hydrogen-bond donors (Lipinski definition) is 0. The molecule has 2 heteroatoms. The molecule has 0 amide bonds. The maximum atomic E-state index is 14.3. The van der Waals surface area contributed by atoms with Gasteiger partial charge in [0, 0.05) is 5.33 Å². The van der Waals surface area contributed by atoms with E-state index in [4.69, 9.17) is 0 Å². The van der Waals surface area contributed by atoms with Gasteiger partial charge in [0.15, 0.2) is 0 Å². The fraction of sp³-hybridized carbons (Fsp3) is 0.667. The molecule has 1 aliphatic carbocycles. The first kappa shape index (κ1) is 16.0. The van der Waals surface area contributed by atoms with Crippen molar-refractivity contribution in [3.63, 3.8) is 0 Å². The van der Waals surface area contributed by atoms with Crippen LogP contribution in [0, 0.1) is 17.7 Å². The predicted molar refractivity (Wildman–Crippen MR) is 88.0 cm³/mol. The van der Waals surface area contributed by atoms with E-state index < -0.39 is 0 Å². The summed E-state index contributed by atoms with van der Waals surface area (Å²) in [6.45, 7) is 13.8. The minimum absolute atomic E-state index is 0.0169. The standard InChI is InChI=1S/C18H26BrF/c1-11-7-12(2)18(5,6)15-9-16(20)13(10-19)8-14(15)17(11,3)4/h8-9,11-12H,7,10H2,1-6H3. The van der Waals surface area contributed by atoms with Gasteiger partial charge in [0.1, 0.15) is 5.82 Å². The molecule has 0 nitrogen and oxygen atoms in total. The zero-order chi connectivity index (χ0) is 15.3. The molecule has 0 saturated carbocycles. The lowest BCUT2D eigenvalue weighted by atomic mass is 9.71. The minimum atomic E-state index is -0.0775. The van der Waals surface area contributed by atoms with Crippen molar-refractivity contribution in [2.45, 2.75) is 64.1 Å². The van der Waals surface area contributed by atoms with Gasteiger partial charge >= 0.3 is 0 Å². The third kappa shape index (κ3) is 2.34. The Morgan fingerprint density at radius 2 is 1.50 bits per heavy atom. The molecule has 0 heterocycles. The fourth-order valence-electron chi connectivity index (χ4n) is 3.44. The van der Waals surface area contributed by atoms with E-state index in [1.807, 2.05) is 0 Å². The summed E-state index contributed by atoms with van der Waals surface area (Å²) in [5, 5.41) is 0.576. The van der Waals surface area contributed by atoms with Crippen molar-refractivity contribution in [1.82, 2.24) is 0 Å². The summed E-state index contributed by atoms with van der Waals surface area (Å²) in [5.74, 6) is 1.06. The maximum Gasteiger partial charge on any atom is 0.127 e. The Kier molecular flexibility index (Phi) is 4.10. The number of benzene rings is 1. The first-order chi connectivity index (χ1) is 9.12. The lowest BCUT2D eigenvalue weighted by Crippen LogP contribution is -2.27. The van der Waals surface area contributed by atoms with Crippen LogP contribution in [0.15, 0.2) is 12.1 Å². The molecule has 0 radical (unpaired) electrons. The van der Waals surface area contributed by atoms with Gasteiger partial charge in [-0.2, -0.15) is 0 Å². The maximum absolute atomic E-state index is 14.3. The molecule has 1 aliphatic rings. The molecule has 20 heavy (non-hydrogen) atoms. The van der Waals surface area contributed by atoms with Gasteiger partial charge in [0.25, 0.3) is 0 Å². The van der Waals surface area contributed by atoms with Gasteiger partial charge in [-0.05, 0) is 51.8 Å². The van der Waals surface area contributed by atoms with Gasteiger partial charge < -0.3 is 0 Å². The molecule has 0 fully saturated rings. The van der Waals surface area contributed by atoms with Crippen LogP contribution in [0.3, 0.4) is 0 Å². The van der Waals surface area contributed by atoms with E-state index in [0.717, 1.165) is 5.56 Å². The monoisotopic (exact) mass is 340 g/mol. The van der Waals surface area contributed by atoms with E-state index in [1.54, 1.807) is 6.07 Å². The van der Waals surface area contributed by atoms with Crippen molar-refractivity contribution in [1.29, 1.82) is 0 Å². The van der Waals surface area contributed by atoms with Crippen LogP contribution in [0.2, 0.25) is 0 Å². The van der Waals surface area contributed by atoms with Crippen LogP contribution < -0.4 is 0 Å². The second-order valence-electron chi connectivity index (χ2n) is 7.60. The number of alkyl halides is 1. The smallest absolute Gasteiger partial charge is 0.127 e. The molecule has 0 aliphatic heterocycles. The van der Waals surface area contributed by atoms with Crippen molar-refractivity contribution in [3.8, 4) is 0 Å². The molecule has 0 aromatic heterocycles. The van der Waals surface area contributed by atoms with E-state index in [0.29, 0.717) is 17.2 Å². The fourth-order valence-corrected chi connectivity index (χ4v) is 3.87. The Labute approximate surface area is 131 Å². The number of hydrogen-bond acceptors (Lipinski definition) is 0. The molecule has 0 bridgehead atoms. The van der Waals surface area contributed by atoms with Crippen LogP contribution in [0.1, 0.15) is 64.7 Å². The molecule has 2 unspecified atom stereocenters. The minimum Gasteiger partial charge on any atom is -0.207 e. The van der Waals surface area contributed by atoms with Gasteiger partial charge in [0.05, 0.1) is 0 Å². The highest BCUT2D eigenvalue weighted by Crippen LogP contribution is 2.49. The summed E-state index contributed by atoms with van der Waals surface area (Å²) in [6.07, 6.45) is 1.18. The second kappa shape index (κ2) is 5.12. The summed E-state index contributed by atoms with van der Waals surface area (Å²) >= 11 is 3.41. The largest absolute Gasteiger partial charge is 0.207 e. The van der Waals surface area contributed by atoms with Gasteiger partial charge in [-0.1, -0.05) is 63.5 Å². The molecule has 0 saturated heterocycles. The molecule has 0 spiro atoms. The van der Waals surface area contributed by atoms with Gasteiger partial charge in [-0.3, -0.25) is 0 Å². The first-order valence-electron chi connectivity index (χ1n) is 7.51. The van der Waals surface area contributed by atoms with Crippen molar-refractivity contribution in [3.05, 3.63) is 34.6 Å². The second-order valence-corrected chi connectivity index (χ2v) is 8.16. The topological polar surface area (TPSA) is 0 Å². The van der Waals surface area contributed by atoms with Gasteiger partial charge in [-0.15, -0.1) is 0 Å². The highest BCUT2D eigenvalue weighted by Gasteiger charge is 2.42. The molecule has 1 aromatic carbocycles. The molecule has 2 atom stereocenters. The quantitative estimate of drug-likeness (QED) is 0.437. The molecular weight excluding hydrogens is 315 g/mol. The SMILES string of the molecule is CC1CC(C)C(C)(C)c2cc(CBr)c(F)cc2C1(C)C. The van der Waals surface area contributed by atoms with Crippen LogP contribution in [-0.4, -0.2) is 0 Å². The first-order valence-corrected chi connectivity index (χ1v) is 8.63. The summed E-state index contributed by atoms with van der Waals surface area (Å²) in [4.78, 5) is 0. The van der Waals surface area contributed by atoms with Crippen molar-refractivity contribution < 1.29 is 4.39 Å². The Morgan fingerprint density at radius 3 is 1.95 bits per heavy atom. The van der Waals surface area contributed by atoms with E-state index in [2.05, 4.69) is 63.5 Å². The lowest BCUT2D eigenvalue weighted by Gasteiger charge is -2.34. The van der Waals surface area contributed by atoms with Gasteiger partial charge in [-0.25, -0.2) is 4.39 Å². The van der Waals surface area contributed by atoms with Crippen LogP contribution in [-0.2, 0) is 16.2 Å². The van der Waals surface area contributed by atoms with E-state index in [1.165, 1.54) is 17.5 Å². The van der Waals surface area contributed by atoms with E-state index >= 15 is 0 Å². The molecule has 0 N–H and O–H groups in total. The van der Waals surface area contributed by atoms with Crippen molar-refractivity contribution in [2.24, 2.45) is 11.8 Å².